The van der Waals surface area contributed by atoms with E-state index in [1.807, 2.05) is 17.8 Å². The van der Waals surface area contributed by atoms with Gasteiger partial charge in [-0.25, -0.2) is 9.78 Å². The number of carbonyl (C=O) groups excluding carboxylic acids is 1. The number of imidazole rings is 1. The Labute approximate surface area is 109 Å². The van der Waals surface area contributed by atoms with Crippen LogP contribution in [-0.2, 0) is 13.6 Å². The van der Waals surface area contributed by atoms with Crippen LogP contribution in [0.2, 0.25) is 0 Å². The first-order valence-electron chi connectivity index (χ1n) is 6.59. The fourth-order valence-corrected chi connectivity index (χ4v) is 2.03. The predicted molar refractivity (Wildman–Crippen MR) is 72.2 cm³/mol. The third-order valence-electron chi connectivity index (χ3n) is 3.74. The number of aryl methyl sites for hydroxylation is 1. The first kappa shape index (κ1) is 14.5. The quantitative estimate of drug-likeness (QED) is 0.815. The van der Waals surface area contributed by atoms with Crippen LogP contribution >= 0.6 is 0 Å². The van der Waals surface area contributed by atoms with Crippen molar-refractivity contribution >= 4 is 6.03 Å². The van der Waals surface area contributed by atoms with Crippen LogP contribution < -0.4 is 10.6 Å². The fourth-order valence-electron chi connectivity index (χ4n) is 2.03. The number of nitrogens with one attached hydrogen (secondary N) is 2. The van der Waals surface area contributed by atoms with Crippen LogP contribution in [0.25, 0.3) is 0 Å². The molecule has 0 aliphatic carbocycles. The lowest BCUT2D eigenvalue weighted by Gasteiger charge is -2.31. The fraction of sp³-hybridized carbons (Fsp3) is 0.692. The summed E-state index contributed by atoms with van der Waals surface area (Å²) in [5.41, 5.74) is -0.0915. The smallest absolute Gasteiger partial charge is 0.315 e. The van der Waals surface area contributed by atoms with Crippen molar-refractivity contribution in [3.8, 4) is 0 Å². The van der Waals surface area contributed by atoms with Gasteiger partial charge < -0.3 is 15.2 Å². The van der Waals surface area contributed by atoms with Crippen molar-refractivity contribution in [3.63, 3.8) is 0 Å². The topological polar surface area (TPSA) is 59.0 Å². The number of hydrogen-bond acceptors (Lipinski definition) is 2. The molecule has 0 fully saturated rings. The zero-order valence-electron chi connectivity index (χ0n) is 11.8. The molecule has 0 spiro atoms. The summed E-state index contributed by atoms with van der Waals surface area (Å²) in [6.45, 7) is 6.76. The van der Waals surface area contributed by atoms with Gasteiger partial charge in [0.15, 0.2) is 0 Å². The summed E-state index contributed by atoms with van der Waals surface area (Å²) >= 11 is 0. The van der Waals surface area contributed by atoms with Gasteiger partial charge in [-0.3, -0.25) is 0 Å². The Kier molecular flexibility index (Phi) is 5.19. The average Bonchev–Trinajstić information content (AvgIpc) is 2.79. The second-order valence-corrected chi connectivity index (χ2v) is 4.60. The molecule has 0 aromatic carbocycles. The number of aromatic nitrogens is 2. The van der Waals surface area contributed by atoms with Crippen LogP contribution in [0.15, 0.2) is 12.4 Å². The second kappa shape index (κ2) is 6.42. The van der Waals surface area contributed by atoms with Crippen LogP contribution in [0.3, 0.4) is 0 Å². The van der Waals surface area contributed by atoms with E-state index in [0.29, 0.717) is 6.54 Å². The van der Waals surface area contributed by atoms with E-state index >= 15 is 0 Å². The molecule has 0 aliphatic heterocycles. The number of amides is 2. The molecule has 0 saturated carbocycles. The summed E-state index contributed by atoms with van der Waals surface area (Å²) in [7, 11) is 1.91. The van der Waals surface area contributed by atoms with Gasteiger partial charge in [0.05, 0.1) is 6.54 Å². The predicted octanol–water partition coefficient (Wildman–Crippen LogP) is 2.19. The number of rotatable bonds is 6. The number of hydrogen-bond donors (Lipinski definition) is 2. The third-order valence-corrected chi connectivity index (χ3v) is 3.74. The zero-order valence-corrected chi connectivity index (χ0v) is 11.8. The molecule has 1 aromatic heterocycles. The SMILES string of the molecule is CCC(CC)(CC)NC(=O)NCc1nccn1C. The van der Waals surface area contributed by atoms with Gasteiger partial charge in [0, 0.05) is 25.0 Å². The Bertz CT molecular complexity index is 374. The lowest BCUT2D eigenvalue weighted by atomic mass is 9.90. The molecule has 1 heterocycles. The molecule has 0 radical (unpaired) electrons. The molecule has 1 aromatic rings. The van der Waals surface area contributed by atoms with Crippen LogP contribution in [-0.4, -0.2) is 21.1 Å². The highest BCUT2D eigenvalue weighted by atomic mass is 16.2. The molecule has 0 unspecified atom stereocenters. The molecule has 102 valence electrons. The maximum absolute atomic E-state index is 11.9. The lowest BCUT2D eigenvalue weighted by molar-refractivity contribution is 0.217. The van der Waals surface area contributed by atoms with Gasteiger partial charge in [-0.2, -0.15) is 0 Å². The molecule has 5 heteroatoms. The van der Waals surface area contributed by atoms with Crippen molar-refractivity contribution < 1.29 is 4.79 Å². The Balaban J connectivity index is 2.49. The van der Waals surface area contributed by atoms with E-state index in [1.165, 1.54) is 0 Å². The van der Waals surface area contributed by atoms with Crippen molar-refractivity contribution in [2.75, 3.05) is 0 Å². The Morgan fingerprint density at radius 1 is 1.33 bits per heavy atom. The number of urea groups is 1. The van der Waals surface area contributed by atoms with E-state index in [4.69, 9.17) is 0 Å². The summed E-state index contributed by atoms with van der Waals surface area (Å²) in [5, 5.41) is 5.93. The third kappa shape index (κ3) is 3.48. The van der Waals surface area contributed by atoms with Gasteiger partial charge in [0.1, 0.15) is 5.82 Å². The molecule has 0 bridgehead atoms. The largest absolute Gasteiger partial charge is 0.337 e. The van der Waals surface area contributed by atoms with E-state index in [2.05, 4.69) is 36.4 Å². The standard InChI is InChI=1S/C13H24N4O/c1-5-13(6-2,7-3)16-12(18)15-10-11-14-8-9-17(11)4/h8-9H,5-7,10H2,1-4H3,(H2,15,16,18). The Hall–Kier alpha value is -1.52. The van der Waals surface area contributed by atoms with Crippen molar-refractivity contribution in [3.05, 3.63) is 18.2 Å². The van der Waals surface area contributed by atoms with Gasteiger partial charge in [0.2, 0.25) is 0 Å². The molecular formula is C13H24N4O. The maximum Gasteiger partial charge on any atom is 0.315 e. The van der Waals surface area contributed by atoms with E-state index in [1.54, 1.807) is 6.20 Å². The van der Waals surface area contributed by atoms with Gasteiger partial charge in [-0.1, -0.05) is 20.8 Å². The van der Waals surface area contributed by atoms with Crippen molar-refractivity contribution in [2.24, 2.45) is 7.05 Å². The van der Waals surface area contributed by atoms with Crippen molar-refractivity contribution in [1.82, 2.24) is 20.2 Å². The number of nitrogens with zero attached hydrogens (tertiary/aromatic N) is 2. The van der Waals surface area contributed by atoms with E-state index in [9.17, 15) is 4.79 Å². The Morgan fingerprint density at radius 3 is 2.39 bits per heavy atom. The van der Waals surface area contributed by atoms with Gasteiger partial charge in [-0.05, 0) is 19.3 Å². The maximum atomic E-state index is 11.9. The first-order valence-corrected chi connectivity index (χ1v) is 6.59. The summed E-state index contributed by atoms with van der Waals surface area (Å²) in [6.07, 6.45) is 6.41. The highest BCUT2D eigenvalue weighted by Gasteiger charge is 2.25. The molecule has 2 N–H and O–H groups in total. The number of carbonyl (C=O) groups is 1. The van der Waals surface area contributed by atoms with Crippen LogP contribution in [0, 0.1) is 0 Å². The van der Waals surface area contributed by atoms with Crippen molar-refractivity contribution in [1.29, 1.82) is 0 Å². The molecule has 0 atom stereocenters. The van der Waals surface area contributed by atoms with E-state index < -0.39 is 0 Å². The summed E-state index contributed by atoms with van der Waals surface area (Å²) in [6, 6.07) is -0.122. The summed E-state index contributed by atoms with van der Waals surface area (Å²) in [5.74, 6) is 0.847. The highest BCUT2D eigenvalue weighted by molar-refractivity contribution is 5.74. The van der Waals surface area contributed by atoms with Crippen molar-refractivity contribution in [2.45, 2.75) is 52.1 Å². The summed E-state index contributed by atoms with van der Waals surface area (Å²) in [4.78, 5) is 16.0. The average molecular weight is 252 g/mol. The molecule has 18 heavy (non-hydrogen) atoms. The highest BCUT2D eigenvalue weighted by Crippen LogP contribution is 2.18. The van der Waals surface area contributed by atoms with E-state index in [0.717, 1.165) is 25.1 Å². The van der Waals surface area contributed by atoms with Crippen LogP contribution in [0.1, 0.15) is 45.9 Å². The minimum atomic E-state index is -0.122. The monoisotopic (exact) mass is 252 g/mol. The normalized spacial score (nSPS) is 11.3. The minimum Gasteiger partial charge on any atom is -0.337 e. The van der Waals surface area contributed by atoms with Crippen LogP contribution in [0.4, 0.5) is 4.79 Å². The van der Waals surface area contributed by atoms with Crippen LogP contribution in [0.5, 0.6) is 0 Å². The van der Waals surface area contributed by atoms with E-state index in [-0.39, 0.29) is 11.6 Å². The first-order chi connectivity index (χ1) is 8.56. The van der Waals surface area contributed by atoms with Gasteiger partial charge in [0.25, 0.3) is 0 Å². The lowest BCUT2D eigenvalue weighted by Crippen LogP contribution is -2.51. The zero-order chi connectivity index (χ0) is 13.6. The molecule has 1 rings (SSSR count). The second-order valence-electron chi connectivity index (χ2n) is 4.60. The summed E-state index contributed by atoms with van der Waals surface area (Å²) < 4.78 is 1.90. The molecular weight excluding hydrogens is 228 g/mol. The Morgan fingerprint density at radius 2 is 1.94 bits per heavy atom. The molecule has 2 amide bonds. The van der Waals surface area contributed by atoms with Gasteiger partial charge in [-0.15, -0.1) is 0 Å². The van der Waals surface area contributed by atoms with Gasteiger partial charge >= 0.3 is 6.03 Å². The molecule has 5 nitrogen and oxygen atoms in total. The molecule has 0 aliphatic rings. The molecule has 0 saturated heterocycles. The minimum absolute atomic E-state index is 0.0915.